The average molecular weight is 413 g/mol. The number of aromatic nitrogens is 5. The molecule has 7 nitrogen and oxygen atoms in total. The molecular formula is C21H25ClN6O. The van der Waals surface area contributed by atoms with Crippen molar-refractivity contribution in [2.45, 2.75) is 57.5 Å². The second-order valence-electron chi connectivity index (χ2n) is 8.38. The minimum absolute atomic E-state index is 0.0497. The highest BCUT2D eigenvalue weighted by atomic mass is 35.5. The molecule has 2 aliphatic carbocycles. The summed E-state index contributed by atoms with van der Waals surface area (Å²) >= 11 is 6.38. The Morgan fingerprint density at radius 1 is 1.24 bits per heavy atom. The SMILES string of the molecule is O=C(N[C@@H]1CCCc2c1[nH]c1c(Cl)cccc21)C1CCC(Cn2cnnn2)CC1. The van der Waals surface area contributed by atoms with Crippen LogP contribution in [-0.2, 0) is 17.8 Å². The average Bonchev–Trinajstić information content (AvgIpc) is 3.38. The number of amides is 1. The van der Waals surface area contributed by atoms with E-state index in [4.69, 9.17) is 11.6 Å². The Bertz CT molecular complexity index is 1010. The van der Waals surface area contributed by atoms with Crippen molar-refractivity contribution in [1.82, 2.24) is 30.5 Å². The van der Waals surface area contributed by atoms with Crippen LogP contribution >= 0.6 is 11.6 Å². The number of carbonyl (C=O) groups is 1. The first-order valence-corrected chi connectivity index (χ1v) is 10.9. The van der Waals surface area contributed by atoms with Crippen molar-refractivity contribution in [2.75, 3.05) is 0 Å². The van der Waals surface area contributed by atoms with Gasteiger partial charge in [-0.05, 0) is 72.9 Å². The van der Waals surface area contributed by atoms with Crippen LogP contribution in [0.5, 0.6) is 0 Å². The zero-order chi connectivity index (χ0) is 19.8. The van der Waals surface area contributed by atoms with Gasteiger partial charge in [0.05, 0.1) is 16.6 Å². The van der Waals surface area contributed by atoms with Gasteiger partial charge >= 0.3 is 0 Å². The van der Waals surface area contributed by atoms with Gasteiger partial charge in [0.1, 0.15) is 6.33 Å². The van der Waals surface area contributed by atoms with E-state index in [1.165, 1.54) is 10.9 Å². The summed E-state index contributed by atoms with van der Waals surface area (Å²) in [6.07, 6.45) is 8.67. The van der Waals surface area contributed by atoms with E-state index in [0.717, 1.165) is 67.7 Å². The summed E-state index contributed by atoms with van der Waals surface area (Å²) in [4.78, 5) is 16.5. The highest BCUT2D eigenvalue weighted by molar-refractivity contribution is 6.35. The van der Waals surface area contributed by atoms with Crippen LogP contribution in [0.1, 0.15) is 55.8 Å². The minimum atomic E-state index is 0.0497. The number of H-pyrrole nitrogens is 1. The van der Waals surface area contributed by atoms with Crippen molar-refractivity contribution >= 4 is 28.4 Å². The Labute approximate surface area is 174 Å². The summed E-state index contributed by atoms with van der Waals surface area (Å²) in [7, 11) is 0. The van der Waals surface area contributed by atoms with E-state index in [1.807, 2.05) is 12.1 Å². The van der Waals surface area contributed by atoms with Crippen molar-refractivity contribution in [3.05, 3.63) is 40.8 Å². The lowest BCUT2D eigenvalue weighted by molar-refractivity contribution is -0.127. The lowest BCUT2D eigenvalue weighted by Gasteiger charge is -2.30. The number of tetrazole rings is 1. The number of aromatic amines is 1. The second kappa shape index (κ2) is 7.78. The molecule has 3 aromatic rings. The Morgan fingerprint density at radius 3 is 2.90 bits per heavy atom. The normalized spacial score (nSPS) is 24.4. The molecule has 2 aromatic heterocycles. The largest absolute Gasteiger partial charge is 0.355 e. The molecule has 0 bridgehead atoms. The topological polar surface area (TPSA) is 88.5 Å². The molecule has 0 radical (unpaired) electrons. The summed E-state index contributed by atoms with van der Waals surface area (Å²) in [6.45, 7) is 0.836. The van der Waals surface area contributed by atoms with Crippen LogP contribution in [0.25, 0.3) is 10.9 Å². The van der Waals surface area contributed by atoms with Crippen molar-refractivity contribution < 1.29 is 4.79 Å². The van der Waals surface area contributed by atoms with Gasteiger partial charge in [-0.25, -0.2) is 4.68 Å². The van der Waals surface area contributed by atoms with E-state index in [9.17, 15) is 4.79 Å². The third-order valence-corrected chi connectivity index (χ3v) is 6.88. The molecule has 8 heteroatoms. The van der Waals surface area contributed by atoms with Gasteiger partial charge in [-0.2, -0.15) is 0 Å². The van der Waals surface area contributed by atoms with E-state index in [1.54, 1.807) is 11.0 Å². The molecule has 1 amide bonds. The second-order valence-corrected chi connectivity index (χ2v) is 8.79. The molecule has 0 unspecified atom stereocenters. The van der Waals surface area contributed by atoms with Crippen LogP contribution in [0, 0.1) is 11.8 Å². The number of fused-ring (bicyclic) bond motifs is 3. The highest BCUT2D eigenvalue weighted by Crippen LogP contribution is 2.37. The number of hydrogen-bond acceptors (Lipinski definition) is 4. The number of nitrogens with one attached hydrogen (secondary N) is 2. The van der Waals surface area contributed by atoms with Gasteiger partial charge in [0.25, 0.3) is 0 Å². The molecule has 5 rings (SSSR count). The third-order valence-electron chi connectivity index (χ3n) is 6.56. The predicted molar refractivity (Wildman–Crippen MR) is 110 cm³/mol. The van der Waals surface area contributed by atoms with Crippen LogP contribution in [-0.4, -0.2) is 31.1 Å². The molecular weight excluding hydrogens is 388 g/mol. The number of nitrogens with zero attached hydrogens (tertiary/aromatic N) is 4. The van der Waals surface area contributed by atoms with Crippen LogP contribution in [0.15, 0.2) is 24.5 Å². The van der Waals surface area contributed by atoms with E-state index < -0.39 is 0 Å². The van der Waals surface area contributed by atoms with Crippen molar-refractivity contribution in [2.24, 2.45) is 11.8 Å². The van der Waals surface area contributed by atoms with Gasteiger partial charge in [0.2, 0.25) is 5.91 Å². The fourth-order valence-electron chi connectivity index (χ4n) is 5.02. The zero-order valence-corrected chi connectivity index (χ0v) is 17.0. The highest BCUT2D eigenvalue weighted by Gasteiger charge is 2.31. The molecule has 2 N–H and O–H groups in total. The molecule has 1 fully saturated rings. The number of benzene rings is 1. The van der Waals surface area contributed by atoms with Gasteiger partial charge in [-0.15, -0.1) is 5.10 Å². The van der Waals surface area contributed by atoms with Crippen LogP contribution in [0.3, 0.4) is 0 Å². The molecule has 0 aliphatic heterocycles. The fraction of sp³-hybridized carbons (Fsp3) is 0.524. The van der Waals surface area contributed by atoms with Crippen LogP contribution < -0.4 is 5.32 Å². The third kappa shape index (κ3) is 3.64. The number of aryl methyl sites for hydroxylation is 1. The molecule has 0 spiro atoms. The lowest BCUT2D eigenvalue weighted by atomic mass is 9.81. The molecule has 152 valence electrons. The first kappa shape index (κ1) is 18.6. The number of hydrogen-bond donors (Lipinski definition) is 2. The van der Waals surface area contributed by atoms with Crippen LogP contribution in [0.2, 0.25) is 5.02 Å². The Balaban J connectivity index is 1.24. The van der Waals surface area contributed by atoms with Gasteiger partial charge in [0, 0.05) is 23.5 Å². The zero-order valence-electron chi connectivity index (χ0n) is 16.3. The molecule has 1 aromatic carbocycles. The van der Waals surface area contributed by atoms with Gasteiger partial charge in [-0.1, -0.05) is 23.7 Å². The first-order chi connectivity index (χ1) is 14.2. The summed E-state index contributed by atoms with van der Waals surface area (Å²) in [5.74, 6) is 0.826. The maximum absolute atomic E-state index is 13.0. The summed E-state index contributed by atoms with van der Waals surface area (Å²) < 4.78 is 1.79. The predicted octanol–water partition coefficient (Wildman–Crippen LogP) is 3.81. The smallest absolute Gasteiger partial charge is 0.223 e. The lowest BCUT2D eigenvalue weighted by Crippen LogP contribution is -2.37. The van der Waals surface area contributed by atoms with E-state index >= 15 is 0 Å². The first-order valence-electron chi connectivity index (χ1n) is 10.5. The Morgan fingerprint density at radius 2 is 2.10 bits per heavy atom. The summed E-state index contributed by atoms with van der Waals surface area (Å²) in [5, 5.41) is 16.6. The molecule has 1 atom stereocenters. The number of para-hydroxylation sites is 1. The molecule has 2 heterocycles. The van der Waals surface area contributed by atoms with E-state index in [2.05, 4.69) is 31.9 Å². The quantitative estimate of drug-likeness (QED) is 0.682. The van der Waals surface area contributed by atoms with Crippen molar-refractivity contribution in [3.63, 3.8) is 0 Å². The van der Waals surface area contributed by atoms with Crippen LogP contribution in [0.4, 0.5) is 0 Å². The maximum atomic E-state index is 13.0. The van der Waals surface area contributed by atoms with E-state index in [-0.39, 0.29) is 17.9 Å². The monoisotopic (exact) mass is 412 g/mol. The number of carbonyl (C=O) groups excluding carboxylic acids is 1. The van der Waals surface area contributed by atoms with Crippen molar-refractivity contribution in [1.29, 1.82) is 0 Å². The fourth-order valence-corrected chi connectivity index (χ4v) is 5.24. The van der Waals surface area contributed by atoms with Gasteiger partial charge < -0.3 is 10.3 Å². The molecule has 29 heavy (non-hydrogen) atoms. The summed E-state index contributed by atoms with van der Waals surface area (Å²) in [5.41, 5.74) is 3.44. The number of halogens is 1. The van der Waals surface area contributed by atoms with Gasteiger partial charge in [-0.3, -0.25) is 4.79 Å². The molecule has 1 saturated carbocycles. The Hall–Kier alpha value is -2.41. The summed E-state index contributed by atoms with van der Waals surface area (Å²) in [6, 6.07) is 6.07. The Kier molecular flexibility index (Phi) is 4.99. The van der Waals surface area contributed by atoms with Crippen molar-refractivity contribution in [3.8, 4) is 0 Å². The van der Waals surface area contributed by atoms with Gasteiger partial charge in [0.15, 0.2) is 0 Å². The maximum Gasteiger partial charge on any atom is 0.223 e. The molecule has 2 aliphatic rings. The molecule has 0 saturated heterocycles. The standard InChI is InChI=1S/C21H25ClN6O/c22-17-5-1-3-15-16-4-2-6-18(20(16)25-19(15)17)24-21(29)14-9-7-13(8-10-14)11-28-12-23-26-27-28/h1,3,5,12-14,18,25H,2,4,6-11H2,(H,24,29)/t13?,14?,18-/m1/s1. The van der Waals surface area contributed by atoms with E-state index in [0.29, 0.717) is 5.92 Å². The minimum Gasteiger partial charge on any atom is -0.355 e. The number of rotatable bonds is 4.